The zero-order valence-electron chi connectivity index (χ0n) is 14.6. The Morgan fingerprint density at radius 2 is 2.12 bits per heavy atom. The van der Waals surface area contributed by atoms with Crippen LogP contribution in [0.2, 0.25) is 0 Å². The third-order valence-corrected chi connectivity index (χ3v) is 4.59. The van der Waals surface area contributed by atoms with Crippen molar-refractivity contribution < 1.29 is 14.1 Å². The lowest BCUT2D eigenvalue weighted by Gasteiger charge is -2.23. The zero-order chi connectivity index (χ0) is 17.8. The number of hydrogen-bond acceptors (Lipinski definition) is 4. The van der Waals surface area contributed by atoms with Crippen LogP contribution >= 0.6 is 0 Å². The highest BCUT2D eigenvalue weighted by molar-refractivity contribution is 5.88. The maximum atomic E-state index is 12.6. The summed E-state index contributed by atoms with van der Waals surface area (Å²) >= 11 is 0. The van der Waals surface area contributed by atoms with E-state index in [2.05, 4.69) is 10.5 Å². The monoisotopic (exact) mass is 341 g/mol. The standard InChI is InChI=1S/C19H23N3O3/c1-13-6-3-4-7-15(13)12-20-19(24)17-8-5-9-22(17)18(23)11-16-10-14(2)21-25-16/h3-4,6-7,10,17H,5,8-9,11-12H2,1-2H3,(H,20,24). The molecule has 132 valence electrons. The molecule has 0 radical (unpaired) electrons. The van der Waals surface area contributed by atoms with E-state index in [9.17, 15) is 9.59 Å². The van der Waals surface area contributed by atoms with Gasteiger partial charge in [-0.05, 0) is 37.8 Å². The van der Waals surface area contributed by atoms with Gasteiger partial charge in [0.1, 0.15) is 11.8 Å². The number of benzene rings is 1. The van der Waals surface area contributed by atoms with Gasteiger partial charge in [0.05, 0.1) is 12.1 Å². The molecular weight excluding hydrogens is 318 g/mol. The average molecular weight is 341 g/mol. The normalized spacial score (nSPS) is 16.9. The number of carbonyl (C=O) groups excluding carboxylic acids is 2. The summed E-state index contributed by atoms with van der Waals surface area (Å²) in [6, 6.07) is 9.30. The van der Waals surface area contributed by atoms with E-state index in [4.69, 9.17) is 4.52 Å². The van der Waals surface area contributed by atoms with Crippen LogP contribution in [0.3, 0.4) is 0 Å². The number of amides is 2. The fourth-order valence-electron chi connectivity index (χ4n) is 3.20. The molecule has 25 heavy (non-hydrogen) atoms. The lowest BCUT2D eigenvalue weighted by molar-refractivity contribution is -0.138. The molecule has 2 amide bonds. The van der Waals surface area contributed by atoms with Crippen LogP contribution in [0, 0.1) is 13.8 Å². The Bertz CT molecular complexity index is 769. The molecule has 0 spiro atoms. The zero-order valence-corrected chi connectivity index (χ0v) is 14.6. The predicted octanol–water partition coefficient (Wildman–Crippen LogP) is 2.14. The minimum absolute atomic E-state index is 0.0929. The summed E-state index contributed by atoms with van der Waals surface area (Å²) in [5.74, 6) is 0.348. The van der Waals surface area contributed by atoms with Crippen molar-refractivity contribution in [3.8, 4) is 0 Å². The lowest BCUT2D eigenvalue weighted by Crippen LogP contribution is -2.46. The van der Waals surface area contributed by atoms with Gasteiger partial charge in [0, 0.05) is 19.2 Å². The molecule has 2 aromatic rings. The molecule has 0 bridgehead atoms. The average Bonchev–Trinajstić information content (AvgIpc) is 3.23. The van der Waals surface area contributed by atoms with E-state index in [1.807, 2.05) is 38.1 Å². The number of nitrogens with one attached hydrogen (secondary N) is 1. The van der Waals surface area contributed by atoms with Gasteiger partial charge in [-0.25, -0.2) is 0 Å². The van der Waals surface area contributed by atoms with Crippen LogP contribution in [0.4, 0.5) is 0 Å². The third-order valence-electron chi connectivity index (χ3n) is 4.59. The molecule has 0 saturated carbocycles. The van der Waals surface area contributed by atoms with E-state index in [0.29, 0.717) is 25.3 Å². The maximum Gasteiger partial charge on any atom is 0.243 e. The first-order valence-corrected chi connectivity index (χ1v) is 8.58. The fraction of sp³-hybridized carbons (Fsp3) is 0.421. The van der Waals surface area contributed by atoms with Gasteiger partial charge < -0.3 is 14.7 Å². The van der Waals surface area contributed by atoms with E-state index in [-0.39, 0.29) is 18.2 Å². The molecule has 1 atom stereocenters. The van der Waals surface area contributed by atoms with Crippen molar-refractivity contribution >= 4 is 11.8 Å². The molecule has 1 saturated heterocycles. The molecule has 0 aliphatic carbocycles. The highest BCUT2D eigenvalue weighted by atomic mass is 16.5. The van der Waals surface area contributed by atoms with E-state index < -0.39 is 6.04 Å². The van der Waals surface area contributed by atoms with E-state index in [1.165, 1.54) is 0 Å². The molecule has 1 unspecified atom stereocenters. The number of hydrogen-bond donors (Lipinski definition) is 1. The van der Waals surface area contributed by atoms with Crippen molar-refractivity contribution in [1.82, 2.24) is 15.4 Å². The number of aromatic nitrogens is 1. The molecule has 6 nitrogen and oxygen atoms in total. The summed E-state index contributed by atoms with van der Waals surface area (Å²) in [7, 11) is 0. The molecule has 1 aromatic heterocycles. The lowest BCUT2D eigenvalue weighted by atomic mass is 10.1. The first kappa shape index (κ1) is 17.2. The van der Waals surface area contributed by atoms with Crippen molar-refractivity contribution in [3.63, 3.8) is 0 Å². The summed E-state index contributed by atoms with van der Waals surface area (Å²) in [6.07, 6.45) is 1.67. The van der Waals surface area contributed by atoms with Crippen LogP contribution in [-0.2, 0) is 22.6 Å². The Hall–Kier alpha value is -2.63. The number of likely N-dealkylation sites (tertiary alicyclic amines) is 1. The highest BCUT2D eigenvalue weighted by Gasteiger charge is 2.34. The van der Waals surface area contributed by atoms with Crippen molar-refractivity contribution in [2.75, 3.05) is 6.54 Å². The number of nitrogens with zero attached hydrogens (tertiary/aromatic N) is 2. The summed E-state index contributed by atoms with van der Waals surface area (Å²) in [4.78, 5) is 26.7. The Balaban J connectivity index is 1.59. The van der Waals surface area contributed by atoms with Gasteiger partial charge in [-0.15, -0.1) is 0 Å². The highest BCUT2D eigenvalue weighted by Crippen LogP contribution is 2.19. The topological polar surface area (TPSA) is 75.4 Å². The van der Waals surface area contributed by atoms with Crippen LogP contribution < -0.4 is 5.32 Å². The van der Waals surface area contributed by atoms with Gasteiger partial charge >= 0.3 is 0 Å². The van der Waals surface area contributed by atoms with Crippen molar-refractivity contribution in [2.45, 2.75) is 45.7 Å². The molecular formula is C19H23N3O3. The summed E-state index contributed by atoms with van der Waals surface area (Å²) in [5, 5.41) is 6.76. The number of aryl methyl sites for hydroxylation is 2. The molecule has 2 heterocycles. The molecule has 1 aliphatic rings. The Labute approximate surface area is 147 Å². The SMILES string of the molecule is Cc1cc(CC(=O)N2CCCC2C(=O)NCc2ccccc2C)on1. The Kier molecular flexibility index (Phi) is 5.16. The van der Waals surface area contributed by atoms with Crippen LogP contribution in [-0.4, -0.2) is 34.5 Å². The summed E-state index contributed by atoms with van der Waals surface area (Å²) in [6.45, 7) is 4.92. The predicted molar refractivity (Wildman–Crippen MR) is 92.7 cm³/mol. The van der Waals surface area contributed by atoms with Gasteiger partial charge in [-0.2, -0.15) is 0 Å². The molecule has 1 aromatic carbocycles. The van der Waals surface area contributed by atoms with Gasteiger partial charge in [0.2, 0.25) is 11.8 Å². The van der Waals surface area contributed by atoms with Gasteiger partial charge in [0.15, 0.2) is 0 Å². The summed E-state index contributed by atoms with van der Waals surface area (Å²) < 4.78 is 5.11. The minimum Gasteiger partial charge on any atom is -0.361 e. The van der Waals surface area contributed by atoms with Crippen molar-refractivity contribution in [2.24, 2.45) is 0 Å². The molecule has 3 rings (SSSR count). The third kappa shape index (κ3) is 4.07. The Morgan fingerprint density at radius 1 is 1.32 bits per heavy atom. The smallest absolute Gasteiger partial charge is 0.243 e. The van der Waals surface area contributed by atoms with Crippen LogP contribution in [0.25, 0.3) is 0 Å². The van der Waals surface area contributed by atoms with Gasteiger partial charge in [-0.3, -0.25) is 9.59 Å². The van der Waals surface area contributed by atoms with Crippen molar-refractivity contribution in [1.29, 1.82) is 0 Å². The maximum absolute atomic E-state index is 12.6. The van der Waals surface area contributed by atoms with Gasteiger partial charge in [-0.1, -0.05) is 29.4 Å². The first-order valence-electron chi connectivity index (χ1n) is 8.58. The van der Waals surface area contributed by atoms with E-state index >= 15 is 0 Å². The first-order chi connectivity index (χ1) is 12.0. The number of rotatable bonds is 5. The van der Waals surface area contributed by atoms with Crippen LogP contribution in [0.1, 0.15) is 35.4 Å². The Morgan fingerprint density at radius 3 is 2.84 bits per heavy atom. The van der Waals surface area contributed by atoms with E-state index in [0.717, 1.165) is 23.2 Å². The molecule has 1 aliphatic heterocycles. The minimum atomic E-state index is -0.402. The van der Waals surface area contributed by atoms with Crippen LogP contribution in [0.15, 0.2) is 34.9 Å². The largest absolute Gasteiger partial charge is 0.361 e. The van der Waals surface area contributed by atoms with Crippen LogP contribution in [0.5, 0.6) is 0 Å². The second-order valence-corrected chi connectivity index (χ2v) is 6.50. The summed E-state index contributed by atoms with van der Waals surface area (Å²) in [5.41, 5.74) is 2.98. The van der Waals surface area contributed by atoms with Crippen molar-refractivity contribution in [3.05, 3.63) is 52.9 Å². The fourth-order valence-corrected chi connectivity index (χ4v) is 3.20. The second kappa shape index (κ2) is 7.51. The van der Waals surface area contributed by atoms with E-state index in [1.54, 1.807) is 11.0 Å². The molecule has 1 fully saturated rings. The number of carbonyl (C=O) groups is 2. The molecule has 1 N–H and O–H groups in total. The quantitative estimate of drug-likeness (QED) is 0.904. The second-order valence-electron chi connectivity index (χ2n) is 6.50. The molecule has 6 heteroatoms. The van der Waals surface area contributed by atoms with Gasteiger partial charge in [0.25, 0.3) is 0 Å².